The Hall–Kier alpha value is -2.89. The van der Waals surface area contributed by atoms with Crippen molar-refractivity contribution in [1.82, 2.24) is 10.6 Å². The number of furan rings is 1. The number of nitrogens with one attached hydrogen (secondary N) is 2. The van der Waals surface area contributed by atoms with E-state index in [4.69, 9.17) is 4.42 Å². The molecule has 114 valence electrons. The fraction of sp³-hybridized carbons (Fsp3) is 0.125. The average Bonchev–Trinajstić information content (AvgIpc) is 3.03. The molecule has 1 aromatic heterocycles. The van der Waals surface area contributed by atoms with E-state index in [9.17, 15) is 14.0 Å². The van der Waals surface area contributed by atoms with Crippen LogP contribution in [0.5, 0.6) is 0 Å². The molecule has 2 rings (SSSR count). The zero-order valence-electron chi connectivity index (χ0n) is 11.7. The second kappa shape index (κ2) is 7.78. The third kappa shape index (κ3) is 4.90. The van der Waals surface area contributed by atoms with Gasteiger partial charge in [-0.1, -0.05) is 18.2 Å². The first-order chi connectivity index (χ1) is 10.6. The van der Waals surface area contributed by atoms with Crippen molar-refractivity contribution in [3.05, 3.63) is 65.9 Å². The molecule has 0 aliphatic heterocycles. The maximum Gasteiger partial charge on any atom is 0.244 e. The number of carbonyl (C=O) groups excluding carboxylic acids is 2. The second-order valence-electron chi connectivity index (χ2n) is 4.43. The molecule has 2 amide bonds. The molecule has 1 aromatic carbocycles. The molecule has 6 heteroatoms. The fourth-order valence-electron chi connectivity index (χ4n) is 1.66. The highest BCUT2D eigenvalue weighted by Gasteiger charge is 2.04. The molecule has 0 bridgehead atoms. The molecule has 2 N–H and O–H groups in total. The van der Waals surface area contributed by atoms with Crippen LogP contribution in [0.2, 0.25) is 0 Å². The maximum atomic E-state index is 13.3. The number of rotatable bonds is 6. The standard InChI is InChI=1S/C16H15FN2O3/c17-14-6-2-1-4-12(14)7-8-15(20)19-11-16(21)18-10-13-5-3-9-22-13/h1-9H,10-11H2,(H,18,21)(H,19,20)/b8-7+. The number of hydrogen-bond acceptors (Lipinski definition) is 3. The van der Waals surface area contributed by atoms with Crippen LogP contribution in [0.1, 0.15) is 11.3 Å². The van der Waals surface area contributed by atoms with Gasteiger partial charge in [0, 0.05) is 11.6 Å². The van der Waals surface area contributed by atoms with Gasteiger partial charge in [0.1, 0.15) is 11.6 Å². The summed E-state index contributed by atoms with van der Waals surface area (Å²) < 4.78 is 18.4. The van der Waals surface area contributed by atoms with E-state index in [1.165, 1.54) is 24.5 Å². The Labute approximate surface area is 126 Å². The van der Waals surface area contributed by atoms with E-state index in [1.54, 1.807) is 30.3 Å². The predicted octanol–water partition coefficient (Wildman–Crippen LogP) is 1.86. The van der Waals surface area contributed by atoms with Gasteiger partial charge in [-0.3, -0.25) is 9.59 Å². The Morgan fingerprint density at radius 1 is 1.14 bits per heavy atom. The highest BCUT2D eigenvalue weighted by molar-refractivity contribution is 5.94. The smallest absolute Gasteiger partial charge is 0.244 e. The summed E-state index contributed by atoms with van der Waals surface area (Å²) >= 11 is 0. The molecule has 0 fully saturated rings. The van der Waals surface area contributed by atoms with Crippen molar-refractivity contribution < 1.29 is 18.4 Å². The Morgan fingerprint density at radius 3 is 2.68 bits per heavy atom. The molecular weight excluding hydrogens is 287 g/mol. The predicted molar refractivity (Wildman–Crippen MR) is 79.0 cm³/mol. The summed E-state index contributed by atoms with van der Waals surface area (Å²) in [6.07, 6.45) is 4.04. The summed E-state index contributed by atoms with van der Waals surface area (Å²) in [5, 5.41) is 5.00. The highest BCUT2D eigenvalue weighted by atomic mass is 19.1. The molecule has 0 unspecified atom stereocenters. The van der Waals surface area contributed by atoms with E-state index in [2.05, 4.69) is 10.6 Å². The van der Waals surface area contributed by atoms with Crippen molar-refractivity contribution >= 4 is 17.9 Å². The van der Waals surface area contributed by atoms with E-state index in [1.807, 2.05) is 0 Å². The first-order valence-corrected chi connectivity index (χ1v) is 6.64. The van der Waals surface area contributed by atoms with Crippen LogP contribution in [-0.4, -0.2) is 18.4 Å². The van der Waals surface area contributed by atoms with E-state index in [-0.39, 0.29) is 19.0 Å². The maximum absolute atomic E-state index is 13.3. The quantitative estimate of drug-likeness (QED) is 0.800. The zero-order valence-corrected chi connectivity index (χ0v) is 11.7. The van der Waals surface area contributed by atoms with Gasteiger partial charge >= 0.3 is 0 Å². The molecule has 1 heterocycles. The average molecular weight is 302 g/mol. The zero-order chi connectivity index (χ0) is 15.8. The molecule has 0 saturated carbocycles. The normalized spacial score (nSPS) is 10.6. The summed E-state index contributed by atoms with van der Waals surface area (Å²) in [6.45, 7) is 0.0912. The monoisotopic (exact) mass is 302 g/mol. The van der Waals surface area contributed by atoms with E-state index in [0.29, 0.717) is 11.3 Å². The van der Waals surface area contributed by atoms with Crippen LogP contribution in [0.3, 0.4) is 0 Å². The molecule has 0 saturated heterocycles. The number of halogens is 1. The van der Waals surface area contributed by atoms with Gasteiger partial charge in [0.05, 0.1) is 19.4 Å². The van der Waals surface area contributed by atoms with E-state index >= 15 is 0 Å². The minimum atomic E-state index is -0.476. The first-order valence-electron chi connectivity index (χ1n) is 6.64. The minimum Gasteiger partial charge on any atom is -0.467 e. The summed E-state index contributed by atoms with van der Waals surface area (Å²) in [4.78, 5) is 23.1. The van der Waals surface area contributed by atoms with Gasteiger partial charge in [-0.15, -0.1) is 0 Å². The van der Waals surface area contributed by atoms with Crippen LogP contribution in [-0.2, 0) is 16.1 Å². The molecule has 0 atom stereocenters. The van der Waals surface area contributed by atoms with E-state index in [0.717, 1.165) is 0 Å². The molecule has 0 aliphatic rings. The lowest BCUT2D eigenvalue weighted by molar-refractivity contribution is -0.124. The van der Waals surface area contributed by atoms with Crippen molar-refractivity contribution in [3.8, 4) is 0 Å². The van der Waals surface area contributed by atoms with Crippen LogP contribution >= 0.6 is 0 Å². The lowest BCUT2D eigenvalue weighted by Crippen LogP contribution is -2.35. The SMILES string of the molecule is O=C(/C=C/c1ccccc1F)NCC(=O)NCc1ccco1. The third-order valence-corrected chi connectivity index (χ3v) is 2.78. The van der Waals surface area contributed by atoms with Crippen molar-refractivity contribution in [2.75, 3.05) is 6.54 Å². The Morgan fingerprint density at radius 2 is 1.95 bits per heavy atom. The van der Waals surface area contributed by atoms with Crippen LogP contribution in [0.25, 0.3) is 6.08 Å². The fourth-order valence-corrected chi connectivity index (χ4v) is 1.66. The largest absolute Gasteiger partial charge is 0.467 e. The number of hydrogen-bond donors (Lipinski definition) is 2. The lowest BCUT2D eigenvalue weighted by Gasteiger charge is -2.03. The van der Waals surface area contributed by atoms with Gasteiger partial charge in [-0.2, -0.15) is 0 Å². The number of benzene rings is 1. The summed E-state index contributed by atoms with van der Waals surface area (Å²) in [5.74, 6) is -0.609. The summed E-state index contributed by atoms with van der Waals surface area (Å²) in [7, 11) is 0. The Bertz CT molecular complexity index is 666. The van der Waals surface area contributed by atoms with Gasteiger partial charge in [-0.05, 0) is 24.3 Å². The van der Waals surface area contributed by atoms with Gasteiger partial charge in [-0.25, -0.2) is 4.39 Å². The minimum absolute atomic E-state index is 0.166. The van der Waals surface area contributed by atoms with Crippen LogP contribution < -0.4 is 10.6 Å². The molecule has 2 aromatic rings. The first kappa shape index (κ1) is 15.5. The van der Waals surface area contributed by atoms with Gasteiger partial charge < -0.3 is 15.1 Å². The van der Waals surface area contributed by atoms with Crippen molar-refractivity contribution in [2.24, 2.45) is 0 Å². The second-order valence-corrected chi connectivity index (χ2v) is 4.43. The highest BCUT2D eigenvalue weighted by Crippen LogP contribution is 2.07. The van der Waals surface area contributed by atoms with Crippen molar-refractivity contribution in [2.45, 2.75) is 6.54 Å². The van der Waals surface area contributed by atoms with E-state index < -0.39 is 11.7 Å². The van der Waals surface area contributed by atoms with Crippen molar-refractivity contribution in [3.63, 3.8) is 0 Å². The van der Waals surface area contributed by atoms with Crippen molar-refractivity contribution in [1.29, 1.82) is 0 Å². The summed E-state index contributed by atoms with van der Waals surface area (Å²) in [6, 6.07) is 9.54. The van der Waals surface area contributed by atoms with Gasteiger partial charge in [0.25, 0.3) is 0 Å². The van der Waals surface area contributed by atoms with Crippen LogP contribution in [0, 0.1) is 5.82 Å². The molecular formula is C16H15FN2O3. The lowest BCUT2D eigenvalue weighted by atomic mass is 10.2. The Kier molecular flexibility index (Phi) is 5.48. The molecule has 5 nitrogen and oxygen atoms in total. The Balaban J connectivity index is 1.73. The van der Waals surface area contributed by atoms with Crippen LogP contribution in [0.4, 0.5) is 4.39 Å². The third-order valence-electron chi connectivity index (χ3n) is 2.78. The number of amides is 2. The molecule has 22 heavy (non-hydrogen) atoms. The molecule has 0 radical (unpaired) electrons. The topological polar surface area (TPSA) is 71.3 Å². The van der Waals surface area contributed by atoms with Crippen LogP contribution in [0.15, 0.2) is 53.2 Å². The molecule has 0 spiro atoms. The summed E-state index contributed by atoms with van der Waals surface area (Å²) in [5.41, 5.74) is 0.305. The molecule has 0 aliphatic carbocycles. The van der Waals surface area contributed by atoms with Gasteiger partial charge in [0.15, 0.2) is 0 Å². The number of carbonyl (C=O) groups is 2. The van der Waals surface area contributed by atoms with Gasteiger partial charge in [0.2, 0.25) is 11.8 Å².